The fourth-order valence-corrected chi connectivity index (χ4v) is 9.99. The smallest absolute Gasteiger partial charge is 0.326 e. The van der Waals surface area contributed by atoms with Crippen molar-refractivity contribution in [2.45, 2.75) is 102 Å². The lowest BCUT2D eigenvalue weighted by Crippen LogP contribution is -2.64. The number of carbonyl (C=O) groups is 1. The molecule has 208 valence electrons. The number of carboxylic acid groups (broad SMARTS) is 1. The van der Waals surface area contributed by atoms with Crippen LogP contribution in [-0.2, 0) is 9.53 Å². The van der Waals surface area contributed by atoms with Crippen molar-refractivity contribution < 1.29 is 14.6 Å². The second kappa shape index (κ2) is 8.53. The number of aliphatic carboxylic acids is 1. The molecule has 4 bridgehead atoms. The minimum absolute atomic E-state index is 0.0409. The third kappa shape index (κ3) is 3.46. The minimum Gasteiger partial charge on any atom is -0.480 e. The quantitative estimate of drug-likeness (QED) is 0.635. The van der Waals surface area contributed by atoms with E-state index in [0.717, 1.165) is 48.2 Å². The van der Waals surface area contributed by atoms with E-state index in [-0.39, 0.29) is 29.6 Å². The van der Waals surface area contributed by atoms with Crippen LogP contribution in [-0.4, -0.2) is 68.9 Å². The summed E-state index contributed by atoms with van der Waals surface area (Å²) in [7, 11) is 0. The zero-order valence-electron chi connectivity index (χ0n) is 23.0. The molecule has 1 aromatic heterocycles. The van der Waals surface area contributed by atoms with Gasteiger partial charge in [0.15, 0.2) is 5.82 Å². The maximum atomic E-state index is 14.1. The van der Waals surface area contributed by atoms with Crippen LogP contribution < -0.4 is 10.5 Å². The van der Waals surface area contributed by atoms with Crippen LogP contribution in [0.4, 0.5) is 5.82 Å². The maximum absolute atomic E-state index is 14.1. The molecule has 6 aliphatic rings. The molecule has 1 aromatic carbocycles. The number of fused-ring (bicyclic) bond motifs is 4. The number of nitrogens with zero attached hydrogens (tertiary/aromatic N) is 4. The molecule has 8 nitrogen and oxygen atoms in total. The number of morpholine rings is 1. The van der Waals surface area contributed by atoms with Gasteiger partial charge >= 0.3 is 5.97 Å². The second-order valence-electron chi connectivity index (χ2n) is 13.8. The lowest BCUT2D eigenvalue weighted by molar-refractivity contribution is -0.152. The summed E-state index contributed by atoms with van der Waals surface area (Å²) in [6.45, 7) is 6.06. The summed E-state index contributed by atoms with van der Waals surface area (Å²) < 4.78 is 8.30. The Hall–Kier alpha value is -2.45. The third-order valence-corrected chi connectivity index (χ3v) is 12.0. The van der Waals surface area contributed by atoms with E-state index in [1.807, 2.05) is 28.8 Å². The Kier molecular flexibility index (Phi) is 5.32. The molecule has 1 unspecified atom stereocenters. The topological polar surface area (TPSA) is 87.9 Å². The number of hydrogen-bond acceptors (Lipinski definition) is 6. The van der Waals surface area contributed by atoms with Gasteiger partial charge in [0.25, 0.3) is 5.56 Å². The van der Waals surface area contributed by atoms with Crippen molar-refractivity contribution in [3.8, 4) is 0 Å². The number of rotatable bonds is 4. The van der Waals surface area contributed by atoms with Gasteiger partial charge in [-0.15, -0.1) is 0 Å². The van der Waals surface area contributed by atoms with E-state index in [4.69, 9.17) is 9.72 Å². The largest absolute Gasteiger partial charge is 0.480 e. The van der Waals surface area contributed by atoms with E-state index in [1.165, 1.54) is 32.1 Å². The Morgan fingerprint density at radius 2 is 1.87 bits per heavy atom. The molecule has 3 saturated heterocycles. The average Bonchev–Trinajstić information content (AvgIpc) is 3.05. The number of piperidine rings is 1. The Morgan fingerprint density at radius 3 is 2.67 bits per heavy atom. The van der Waals surface area contributed by atoms with Crippen LogP contribution in [0.5, 0.6) is 0 Å². The molecule has 3 aliphatic carbocycles. The highest BCUT2D eigenvalue weighted by Gasteiger charge is 2.60. The van der Waals surface area contributed by atoms with Crippen LogP contribution in [0.15, 0.2) is 29.1 Å². The molecule has 8 heteroatoms. The molecule has 4 heterocycles. The Labute approximate surface area is 229 Å². The van der Waals surface area contributed by atoms with Crippen LogP contribution in [0.3, 0.4) is 0 Å². The highest BCUT2D eigenvalue weighted by atomic mass is 16.5. The van der Waals surface area contributed by atoms with Gasteiger partial charge in [0.1, 0.15) is 6.04 Å². The lowest BCUT2D eigenvalue weighted by Gasteiger charge is -2.57. The van der Waals surface area contributed by atoms with Crippen LogP contribution in [0.2, 0.25) is 0 Å². The fraction of sp³-hybridized carbons (Fsp3) is 0.710. The summed E-state index contributed by atoms with van der Waals surface area (Å²) in [5.74, 6) is 2.09. The lowest BCUT2D eigenvalue weighted by atomic mass is 9.54. The van der Waals surface area contributed by atoms with Gasteiger partial charge in [-0.25, -0.2) is 9.78 Å². The Morgan fingerprint density at radius 1 is 1.05 bits per heavy atom. The number of ether oxygens (including phenoxy) is 1. The molecule has 39 heavy (non-hydrogen) atoms. The molecule has 0 amide bonds. The van der Waals surface area contributed by atoms with Gasteiger partial charge in [-0.1, -0.05) is 19.1 Å². The minimum atomic E-state index is -0.889. The van der Waals surface area contributed by atoms with Gasteiger partial charge in [-0.05, 0) is 93.6 Å². The van der Waals surface area contributed by atoms with E-state index in [0.29, 0.717) is 30.5 Å². The summed E-state index contributed by atoms with van der Waals surface area (Å²) in [4.78, 5) is 35.2. The van der Waals surface area contributed by atoms with Gasteiger partial charge in [-0.3, -0.25) is 9.69 Å². The SMILES string of the molecule is C[C@H]1OC[C@@H]2C[C@H](n3c(=O)c(N4CC[C@H]4C(=O)O)nc4ccccc43)C[C@H]1N2[C@@H]1C[C@H]2C[C@H]3C[C@@H](C1)C3(C)C2. The van der Waals surface area contributed by atoms with Crippen LogP contribution in [0.1, 0.15) is 71.3 Å². The fourth-order valence-electron chi connectivity index (χ4n) is 9.99. The van der Waals surface area contributed by atoms with Crippen molar-refractivity contribution in [2.75, 3.05) is 18.1 Å². The van der Waals surface area contributed by atoms with Gasteiger partial charge < -0.3 is 19.3 Å². The van der Waals surface area contributed by atoms with Crippen molar-refractivity contribution in [3.05, 3.63) is 34.6 Å². The van der Waals surface area contributed by atoms with Crippen LogP contribution in [0.25, 0.3) is 11.0 Å². The van der Waals surface area contributed by atoms with E-state index in [1.54, 1.807) is 4.90 Å². The first-order chi connectivity index (χ1) is 18.8. The summed E-state index contributed by atoms with van der Waals surface area (Å²) in [5.41, 5.74) is 2.04. The van der Waals surface area contributed by atoms with Crippen molar-refractivity contribution in [1.29, 1.82) is 0 Å². The molecule has 1 N–H and O–H groups in total. The van der Waals surface area contributed by atoms with Crippen LogP contribution in [0, 0.1) is 23.2 Å². The van der Waals surface area contributed by atoms with Gasteiger partial charge in [-0.2, -0.15) is 0 Å². The molecule has 3 aliphatic heterocycles. The number of aromatic nitrogens is 2. The molecule has 3 saturated carbocycles. The first-order valence-electron chi connectivity index (χ1n) is 15.2. The van der Waals surface area contributed by atoms with Crippen molar-refractivity contribution in [1.82, 2.24) is 14.5 Å². The second-order valence-corrected chi connectivity index (χ2v) is 13.8. The Bertz CT molecular complexity index is 1390. The number of carboxylic acids is 1. The summed E-state index contributed by atoms with van der Waals surface area (Å²) >= 11 is 0. The number of hydrogen-bond donors (Lipinski definition) is 1. The van der Waals surface area contributed by atoms with Crippen molar-refractivity contribution in [2.24, 2.45) is 23.2 Å². The van der Waals surface area contributed by atoms with E-state index in [2.05, 4.69) is 18.7 Å². The van der Waals surface area contributed by atoms with Gasteiger partial charge in [0.2, 0.25) is 0 Å². The summed E-state index contributed by atoms with van der Waals surface area (Å²) in [6.07, 6.45) is 9.35. The standard InChI is InChI=1S/C31H40N4O4/c1-17-27-14-22(13-23(16-39-17)34(27)21-10-18-9-19-11-20(12-21)31(19,2)15-18)35-25-6-4-3-5-24(25)32-28(29(35)36)33-8-7-26(33)30(37)38/h3-6,17-23,26-27H,7-16H2,1-2H3,(H,37,38)/t17-,18-,19+,20+,21-,22+,23+,26+,27-,31?/m1/s1. The number of anilines is 1. The first-order valence-corrected chi connectivity index (χ1v) is 15.2. The normalized spacial score (nSPS) is 43.0. The molecular formula is C31H40N4O4. The van der Waals surface area contributed by atoms with Crippen molar-refractivity contribution in [3.63, 3.8) is 0 Å². The number of para-hydroxylation sites is 2. The number of benzene rings is 1. The predicted molar refractivity (Wildman–Crippen MR) is 148 cm³/mol. The van der Waals surface area contributed by atoms with Gasteiger partial charge in [0, 0.05) is 30.7 Å². The molecule has 6 fully saturated rings. The molecule has 2 aromatic rings. The molecule has 10 atom stereocenters. The zero-order chi connectivity index (χ0) is 26.6. The van der Waals surface area contributed by atoms with Gasteiger partial charge in [0.05, 0.1) is 23.7 Å². The molecule has 0 radical (unpaired) electrons. The highest BCUT2D eigenvalue weighted by molar-refractivity contribution is 5.81. The third-order valence-electron chi connectivity index (χ3n) is 12.0. The maximum Gasteiger partial charge on any atom is 0.326 e. The zero-order valence-corrected chi connectivity index (χ0v) is 23.0. The molecular weight excluding hydrogens is 492 g/mol. The summed E-state index contributed by atoms with van der Waals surface area (Å²) in [6, 6.07) is 8.42. The monoisotopic (exact) mass is 532 g/mol. The van der Waals surface area contributed by atoms with Crippen molar-refractivity contribution >= 4 is 22.8 Å². The van der Waals surface area contributed by atoms with Crippen LogP contribution >= 0.6 is 0 Å². The van der Waals surface area contributed by atoms with E-state index in [9.17, 15) is 14.7 Å². The molecule has 8 rings (SSSR count). The first kappa shape index (κ1) is 24.4. The highest BCUT2D eigenvalue weighted by Crippen LogP contribution is 2.67. The average molecular weight is 533 g/mol. The van der Waals surface area contributed by atoms with E-state index < -0.39 is 12.0 Å². The predicted octanol–water partition coefficient (Wildman–Crippen LogP) is 4.07. The molecule has 0 spiro atoms. The Balaban J connectivity index is 1.15. The van der Waals surface area contributed by atoms with E-state index >= 15 is 0 Å². The summed E-state index contributed by atoms with van der Waals surface area (Å²) in [5, 5.41) is 9.68.